The molecule has 32 heavy (non-hydrogen) atoms. The van der Waals surface area contributed by atoms with Gasteiger partial charge < -0.3 is 14.8 Å². The summed E-state index contributed by atoms with van der Waals surface area (Å²) in [4.78, 5) is 13.5. The third-order valence-electron chi connectivity index (χ3n) is 5.52. The maximum Gasteiger partial charge on any atom is 0.145 e. The Kier molecular flexibility index (Phi) is 4.70. The number of ether oxygens (including phenoxy) is 2. The summed E-state index contributed by atoms with van der Waals surface area (Å²) in [5, 5.41) is 8.61. The van der Waals surface area contributed by atoms with Gasteiger partial charge in [-0.25, -0.2) is 15.0 Å². The minimum atomic E-state index is 0.00366. The summed E-state index contributed by atoms with van der Waals surface area (Å²) >= 11 is 1.61. The van der Waals surface area contributed by atoms with Gasteiger partial charge in [0.25, 0.3) is 0 Å². The standard InChI is InChI=1S/C23H20N6O2S/c1-29-10-15(9-27-29)14-6-19-22(20(7-14)31-17-4-5-30-11-17)23(25-12-24-19)28-16-2-3-18-21(8-16)32-13-26-18/h2-3,6-10,12-13,17H,4-5,11H2,1H3,(H,24,25,28). The minimum Gasteiger partial charge on any atom is -0.487 e. The highest BCUT2D eigenvalue weighted by molar-refractivity contribution is 7.16. The fraction of sp³-hybridized carbons (Fsp3) is 0.217. The molecule has 160 valence electrons. The number of aryl methyl sites for hydroxylation is 1. The SMILES string of the molecule is Cn1cc(-c2cc(OC3CCOC3)c3c(Nc4ccc5ncsc5c4)ncnc3c2)cn1. The van der Waals surface area contributed by atoms with Gasteiger partial charge in [0, 0.05) is 30.9 Å². The van der Waals surface area contributed by atoms with Gasteiger partial charge >= 0.3 is 0 Å². The second-order valence-corrected chi connectivity index (χ2v) is 8.64. The van der Waals surface area contributed by atoms with E-state index in [0.717, 1.165) is 50.1 Å². The lowest BCUT2D eigenvalue weighted by molar-refractivity contribution is 0.142. The second-order valence-electron chi connectivity index (χ2n) is 7.76. The molecule has 0 amide bonds. The molecule has 2 aromatic carbocycles. The van der Waals surface area contributed by atoms with Crippen LogP contribution in [0.5, 0.6) is 5.75 Å². The lowest BCUT2D eigenvalue weighted by atomic mass is 10.1. The van der Waals surface area contributed by atoms with Crippen LogP contribution in [0.15, 0.2) is 54.6 Å². The van der Waals surface area contributed by atoms with Gasteiger partial charge in [0.05, 0.1) is 46.0 Å². The lowest BCUT2D eigenvalue weighted by Crippen LogP contribution is -2.16. The molecule has 4 heterocycles. The molecule has 1 unspecified atom stereocenters. The Morgan fingerprint density at radius 1 is 1.12 bits per heavy atom. The number of rotatable bonds is 5. The Hall–Kier alpha value is -3.56. The first-order chi connectivity index (χ1) is 15.7. The molecule has 1 aliphatic rings. The highest BCUT2D eigenvalue weighted by Gasteiger charge is 2.21. The van der Waals surface area contributed by atoms with Crippen molar-refractivity contribution in [2.45, 2.75) is 12.5 Å². The first kappa shape index (κ1) is 19.1. The van der Waals surface area contributed by atoms with Crippen molar-refractivity contribution in [1.82, 2.24) is 24.7 Å². The van der Waals surface area contributed by atoms with Crippen molar-refractivity contribution in [1.29, 1.82) is 0 Å². The summed E-state index contributed by atoms with van der Waals surface area (Å²) in [6, 6.07) is 10.2. The zero-order chi connectivity index (χ0) is 21.5. The van der Waals surface area contributed by atoms with Crippen LogP contribution in [0.2, 0.25) is 0 Å². The topological polar surface area (TPSA) is 87.0 Å². The Labute approximate surface area is 187 Å². The van der Waals surface area contributed by atoms with E-state index >= 15 is 0 Å². The fourth-order valence-corrected chi connectivity index (χ4v) is 4.65. The quantitative estimate of drug-likeness (QED) is 0.425. The summed E-state index contributed by atoms with van der Waals surface area (Å²) in [6.07, 6.45) is 6.26. The maximum atomic E-state index is 6.41. The normalized spacial score (nSPS) is 16.1. The van der Waals surface area contributed by atoms with Crippen LogP contribution in [0.25, 0.3) is 32.2 Å². The van der Waals surface area contributed by atoms with Crippen LogP contribution in [0.1, 0.15) is 6.42 Å². The lowest BCUT2D eigenvalue weighted by Gasteiger charge is -2.17. The average Bonchev–Trinajstić information content (AvgIpc) is 3.55. The number of fused-ring (bicyclic) bond motifs is 2. The molecular weight excluding hydrogens is 424 g/mol. The van der Waals surface area contributed by atoms with E-state index in [1.54, 1.807) is 22.3 Å². The van der Waals surface area contributed by atoms with Crippen LogP contribution < -0.4 is 10.1 Å². The molecule has 9 heteroatoms. The van der Waals surface area contributed by atoms with Crippen LogP contribution in [0, 0.1) is 0 Å². The van der Waals surface area contributed by atoms with E-state index < -0.39 is 0 Å². The van der Waals surface area contributed by atoms with Crippen molar-refractivity contribution >= 4 is 44.0 Å². The number of hydrogen-bond donors (Lipinski definition) is 1. The van der Waals surface area contributed by atoms with E-state index in [4.69, 9.17) is 9.47 Å². The first-order valence-electron chi connectivity index (χ1n) is 10.4. The summed E-state index contributed by atoms with van der Waals surface area (Å²) in [6.45, 7) is 1.29. The molecular formula is C23H20N6O2S. The van der Waals surface area contributed by atoms with E-state index in [2.05, 4.69) is 31.4 Å². The third-order valence-corrected chi connectivity index (χ3v) is 6.31. The molecule has 1 saturated heterocycles. The van der Waals surface area contributed by atoms with Gasteiger partial charge in [-0.2, -0.15) is 5.10 Å². The highest BCUT2D eigenvalue weighted by Crippen LogP contribution is 2.37. The molecule has 0 aliphatic carbocycles. The summed E-state index contributed by atoms with van der Waals surface area (Å²) in [5.41, 5.74) is 6.58. The van der Waals surface area contributed by atoms with Gasteiger partial charge in [0.15, 0.2) is 0 Å². The predicted octanol–water partition coefficient (Wildman–Crippen LogP) is 4.55. The minimum absolute atomic E-state index is 0.00366. The molecule has 5 aromatic rings. The van der Waals surface area contributed by atoms with Crippen LogP contribution >= 0.6 is 11.3 Å². The predicted molar refractivity (Wildman–Crippen MR) is 124 cm³/mol. The maximum absolute atomic E-state index is 6.41. The van der Waals surface area contributed by atoms with Gasteiger partial charge in [0.1, 0.15) is 24.0 Å². The Morgan fingerprint density at radius 3 is 2.94 bits per heavy atom. The Bertz CT molecular complexity index is 1420. The second kappa shape index (κ2) is 7.85. The zero-order valence-corrected chi connectivity index (χ0v) is 18.2. The van der Waals surface area contributed by atoms with Gasteiger partial charge in [-0.05, 0) is 35.9 Å². The van der Waals surface area contributed by atoms with Crippen molar-refractivity contribution in [2.75, 3.05) is 18.5 Å². The molecule has 8 nitrogen and oxygen atoms in total. The van der Waals surface area contributed by atoms with E-state index in [1.165, 1.54) is 0 Å². The number of anilines is 2. The Balaban J connectivity index is 1.47. The smallest absolute Gasteiger partial charge is 0.145 e. The van der Waals surface area contributed by atoms with Crippen LogP contribution in [0.3, 0.4) is 0 Å². The van der Waals surface area contributed by atoms with Crippen LogP contribution in [-0.4, -0.2) is 44.1 Å². The zero-order valence-electron chi connectivity index (χ0n) is 17.4. The fourth-order valence-electron chi connectivity index (χ4n) is 3.93. The molecule has 1 N–H and O–H groups in total. The molecule has 3 aromatic heterocycles. The van der Waals surface area contributed by atoms with Gasteiger partial charge in [-0.1, -0.05) is 0 Å². The van der Waals surface area contributed by atoms with Crippen molar-refractivity contribution in [2.24, 2.45) is 7.05 Å². The molecule has 1 fully saturated rings. The van der Waals surface area contributed by atoms with Crippen LogP contribution in [0.4, 0.5) is 11.5 Å². The molecule has 6 rings (SSSR count). The van der Waals surface area contributed by atoms with Gasteiger partial charge in [-0.15, -0.1) is 11.3 Å². The number of hydrogen-bond acceptors (Lipinski definition) is 8. The van der Waals surface area contributed by atoms with Gasteiger partial charge in [-0.3, -0.25) is 4.68 Å². The highest BCUT2D eigenvalue weighted by atomic mass is 32.1. The molecule has 1 aliphatic heterocycles. The van der Waals surface area contributed by atoms with Crippen molar-refractivity contribution in [3.63, 3.8) is 0 Å². The monoisotopic (exact) mass is 444 g/mol. The molecule has 0 saturated carbocycles. The van der Waals surface area contributed by atoms with Gasteiger partial charge in [0.2, 0.25) is 0 Å². The first-order valence-corrected chi connectivity index (χ1v) is 11.2. The van der Waals surface area contributed by atoms with Crippen molar-refractivity contribution in [3.05, 3.63) is 54.6 Å². The number of aromatic nitrogens is 5. The number of thiazole rings is 1. The van der Waals surface area contributed by atoms with E-state index in [1.807, 2.05) is 49.2 Å². The van der Waals surface area contributed by atoms with Crippen molar-refractivity contribution < 1.29 is 9.47 Å². The van der Waals surface area contributed by atoms with E-state index in [-0.39, 0.29) is 6.10 Å². The number of nitrogens with zero attached hydrogens (tertiary/aromatic N) is 5. The molecule has 1 atom stereocenters. The van der Waals surface area contributed by atoms with E-state index in [9.17, 15) is 0 Å². The average molecular weight is 445 g/mol. The summed E-state index contributed by atoms with van der Waals surface area (Å²) in [7, 11) is 1.90. The third kappa shape index (κ3) is 3.55. The summed E-state index contributed by atoms with van der Waals surface area (Å²) in [5.74, 6) is 1.43. The van der Waals surface area contributed by atoms with Crippen molar-refractivity contribution in [3.8, 4) is 16.9 Å². The van der Waals surface area contributed by atoms with Crippen LogP contribution in [-0.2, 0) is 11.8 Å². The molecule has 0 spiro atoms. The van der Waals surface area contributed by atoms with E-state index in [0.29, 0.717) is 19.0 Å². The number of nitrogens with one attached hydrogen (secondary N) is 1. The molecule has 0 bridgehead atoms. The summed E-state index contributed by atoms with van der Waals surface area (Å²) < 4.78 is 14.8. The molecule has 0 radical (unpaired) electrons. The Morgan fingerprint density at radius 2 is 2.09 bits per heavy atom. The largest absolute Gasteiger partial charge is 0.487 e. The number of benzene rings is 2.